The van der Waals surface area contributed by atoms with Crippen LogP contribution in [0.5, 0.6) is 0 Å². The average Bonchev–Trinajstić information content (AvgIpc) is 2.78. The predicted octanol–water partition coefficient (Wildman–Crippen LogP) is 0.855. The molecule has 0 aromatic heterocycles. The normalized spacial score (nSPS) is 19.6. The molecular formula is C14H17ClN2O4S. The number of nitrogens with one attached hydrogen (secondary N) is 2. The van der Waals surface area contributed by atoms with E-state index in [1.165, 1.54) is 0 Å². The van der Waals surface area contributed by atoms with Gasteiger partial charge in [0, 0.05) is 11.4 Å². The van der Waals surface area contributed by atoms with E-state index in [4.69, 9.17) is 11.6 Å². The molecule has 6 nitrogen and oxygen atoms in total. The third-order valence-electron chi connectivity index (χ3n) is 3.45. The monoisotopic (exact) mass is 344 g/mol. The van der Waals surface area contributed by atoms with E-state index in [0.29, 0.717) is 17.0 Å². The van der Waals surface area contributed by atoms with Crippen LogP contribution in [-0.4, -0.2) is 31.7 Å². The van der Waals surface area contributed by atoms with Crippen molar-refractivity contribution in [3.05, 3.63) is 34.9 Å². The van der Waals surface area contributed by atoms with Crippen LogP contribution >= 0.6 is 11.6 Å². The second kappa shape index (κ2) is 7.11. The number of benzene rings is 1. The van der Waals surface area contributed by atoms with E-state index in [-0.39, 0.29) is 36.2 Å². The summed E-state index contributed by atoms with van der Waals surface area (Å²) in [6.45, 7) is 0. The Kier molecular flexibility index (Phi) is 5.42. The van der Waals surface area contributed by atoms with E-state index in [2.05, 4.69) is 10.9 Å². The van der Waals surface area contributed by atoms with E-state index in [1.807, 2.05) is 0 Å². The van der Waals surface area contributed by atoms with Crippen LogP contribution in [0, 0.1) is 5.92 Å². The highest BCUT2D eigenvalue weighted by molar-refractivity contribution is 7.91. The van der Waals surface area contributed by atoms with Gasteiger partial charge in [-0.05, 0) is 24.0 Å². The molecule has 1 fully saturated rings. The van der Waals surface area contributed by atoms with Crippen LogP contribution < -0.4 is 10.9 Å². The van der Waals surface area contributed by atoms with Crippen molar-refractivity contribution in [3.63, 3.8) is 0 Å². The quantitative estimate of drug-likeness (QED) is 0.792. The van der Waals surface area contributed by atoms with Crippen molar-refractivity contribution in [2.24, 2.45) is 5.92 Å². The molecule has 1 atom stereocenters. The number of carbonyl (C=O) groups excluding carboxylic acids is 2. The lowest BCUT2D eigenvalue weighted by Crippen LogP contribution is -2.43. The molecule has 120 valence electrons. The molecule has 1 aliphatic heterocycles. The molecular weight excluding hydrogens is 328 g/mol. The zero-order valence-corrected chi connectivity index (χ0v) is 13.4. The highest BCUT2D eigenvalue weighted by Gasteiger charge is 2.29. The first-order valence-electron chi connectivity index (χ1n) is 6.87. The molecule has 0 radical (unpaired) electrons. The van der Waals surface area contributed by atoms with Gasteiger partial charge in [-0.2, -0.15) is 0 Å². The van der Waals surface area contributed by atoms with Crippen molar-refractivity contribution in [3.8, 4) is 0 Å². The van der Waals surface area contributed by atoms with Gasteiger partial charge >= 0.3 is 0 Å². The highest BCUT2D eigenvalue weighted by Crippen LogP contribution is 2.21. The Labute approximate surface area is 134 Å². The molecule has 1 aliphatic rings. The van der Waals surface area contributed by atoms with E-state index in [0.717, 1.165) is 0 Å². The molecule has 22 heavy (non-hydrogen) atoms. The van der Waals surface area contributed by atoms with Crippen molar-refractivity contribution >= 4 is 33.3 Å². The van der Waals surface area contributed by atoms with Gasteiger partial charge in [-0.15, -0.1) is 0 Å². The summed E-state index contributed by atoms with van der Waals surface area (Å²) >= 11 is 5.95. The lowest BCUT2D eigenvalue weighted by molar-refractivity contribution is -0.129. The van der Waals surface area contributed by atoms with E-state index in [1.54, 1.807) is 24.3 Å². The number of hydrogen-bond acceptors (Lipinski definition) is 4. The van der Waals surface area contributed by atoms with Gasteiger partial charge in [0.15, 0.2) is 9.84 Å². The Bertz CT molecular complexity index is 675. The van der Waals surface area contributed by atoms with Crippen LogP contribution in [0.15, 0.2) is 24.3 Å². The van der Waals surface area contributed by atoms with Crippen LogP contribution in [0.2, 0.25) is 5.02 Å². The number of carbonyl (C=O) groups is 2. The molecule has 0 aliphatic carbocycles. The van der Waals surface area contributed by atoms with Crippen molar-refractivity contribution in [2.45, 2.75) is 19.3 Å². The third-order valence-corrected chi connectivity index (χ3v) is 5.66. The minimum absolute atomic E-state index is 0.0357. The fourth-order valence-corrected chi connectivity index (χ4v) is 4.41. The lowest BCUT2D eigenvalue weighted by Gasteiger charge is -2.10. The number of hydrogen-bond donors (Lipinski definition) is 2. The predicted molar refractivity (Wildman–Crippen MR) is 82.8 cm³/mol. The van der Waals surface area contributed by atoms with Crippen LogP contribution in [0.4, 0.5) is 0 Å². The molecule has 0 bridgehead atoms. The summed E-state index contributed by atoms with van der Waals surface area (Å²) in [6, 6.07) is 6.95. The van der Waals surface area contributed by atoms with Crippen molar-refractivity contribution in [2.75, 3.05) is 11.5 Å². The Morgan fingerprint density at radius 3 is 2.50 bits per heavy atom. The standard InChI is InChI=1S/C14H17ClN2O4S/c15-12-4-2-1-3-11(12)8-14(19)17-16-13(18)7-10-5-6-22(20,21)9-10/h1-4,10H,5-9H2,(H,16,18)(H,17,19). The molecule has 2 amide bonds. The number of sulfone groups is 1. The SMILES string of the molecule is O=C(Cc1ccccc1Cl)NNC(=O)CC1CCS(=O)(=O)C1. The van der Waals surface area contributed by atoms with Gasteiger partial charge in [0.1, 0.15) is 0 Å². The topological polar surface area (TPSA) is 92.3 Å². The molecule has 2 rings (SSSR count). The minimum Gasteiger partial charge on any atom is -0.273 e. The maximum absolute atomic E-state index is 11.7. The number of amides is 2. The van der Waals surface area contributed by atoms with Gasteiger partial charge in [0.25, 0.3) is 0 Å². The maximum atomic E-state index is 11.7. The average molecular weight is 345 g/mol. The van der Waals surface area contributed by atoms with Crippen LogP contribution in [0.25, 0.3) is 0 Å². The Morgan fingerprint density at radius 1 is 1.18 bits per heavy atom. The van der Waals surface area contributed by atoms with Gasteiger partial charge in [0.2, 0.25) is 11.8 Å². The Morgan fingerprint density at radius 2 is 1.86 bits per heavy atom. The zero-order valence-electron chi connectivity index (χ0n) is 11.8. The maximum Gasteiger partial charge on any atom is 0.242 e. The molecule has 0 saturated carbocycles. The fourth-order valence-electron chi connectivity index (χ4n) is 2.34. The van der Waals surface area contributed by atoms with Gasteiger partial charge in [-0.3, -0.25) is 20.4 Å². The van der Waals surface area contributed by atoms with Gasteiger partial charge < -0.3 is 0 Å². The number of hydrazine groups is 1. The molecule has 1 aromatic rings. The molecule has 8 heteroatoms. The molecule has 1 unspecified atom stereocenters. The highest BCUT2D eigenvalue weighted by atomic mass is 35.5. The zero-order chi connectivity index (χ0) is 16.2. The smallest absolute Gasteiger partial charge is 0.242 e. The summed E-state index contributed by atoms with van der Waals surface area (Å²) in [5.41, 5.74) is 5.27. The summed E-state index contributed by atoms with van der Waals surface area (Å²) in [7, 11) is -3.00. The molecule has 2 N–H and O–H groups in total. The third kappa shape index (κ3) is 4.99. The molecule has 1 aromatic carbocycles. The van der Waals surface area contributed by atoms with E-state index < -0.39 is 15.7 Å². The van der Waals surface area contributed by atoms with Crippen LogP contribution in [-0.2, 0) is 25.8 Å². The summed E-state index contributed by atoms with van der Waals surface area (Å²) in [5, 5.41) is 0.486. The first-order valence-corrected chi connectivity index (χ1v) is 9.07. The summed E-state index contributed by atoms with van der Waals surface area (Å²) in [6.07, 6.45) is 0.632. The number of halogens is 1. The van der Waals surface area contributed by atoms with Gasteiger partial charge in [-0.1, -0.05) is 29.8 Å². The minimum atomic E-state index is -3.00. The Balaban J connectivity index is 1.74. The lowest BCUT2D eigenvalue weighted by atomic mass is 10.1. The molecule has 1 heterocycles. The van der Waals surface area contributed by atoms with Crippen molar-refractivity contribution < 1.29 is 18.0 Å². The first kappa shape index (κ1) is 16.8. The van der Waals surface area contributed by atoms with Crippen LogP contribution in [0.1, 0.15) is 18.4 Å². The summed E-state index contributed by atoms with van der Waals surface area (Å²) in [5.74, 6) is -0.793. The Hall–Kier alpha value is -1.60. The van der Waals surface area contributed by atoms with Crippen molar-refractivity contribution in [1.82, 2.24) is 10.9 Å². The summed E-state index contributed by atoms with van der Waals surface area (Å²) < 4.78 is 22.6. The molecule has 1 saturated heterocycles. The van der Waals surface area contributed by atoms with E-state index >= 15 is 0 Å². The largest absolute Gasteiger partial charge is 0.273 e. The van der Waals surface area contributed by atoms with Crippen LogP contribution in [0.3, 0.4) is 0 Å². The fraction of sp³-hybridized carbons (Fsp3) is 0.429. The van der Waals surface area contributed by atoms with Gasteiger partial charge in [-0.25, -0.2) is 8.42 Å². The van der Waals surface area contributed by atoms with E-state index in [9.17, 15) is 18.0 Å². The second-order valence-electron chi connectivity index (χ2n) is 5.34. The molecule has 0 spiro atoms. The van der Waals surface area contributed by atoms with Gasteiger partial charge in [0.05, 0.1) is 17.9 Å². The first-order chi connectivity index (χ1) is 10.4. The number of rotatable bonds is 4. The second-order valence-corrected chi connectivity index (χ2v) is 7.97. The van der Waals surface area contributed by atoms with Crippen molar-refractivity contribution in [1.29, 1.82) is 0 Å². The summed E-state index contributed by atoms with van der Waals surface area (Å²) in [4.78, 5) is 23.4.